The average molecular weight is 220 g/mol. The van der Waals surface area contributed by atoms with Crippen molar-refractivity contribution in [2.75, 3.05) is 0 Å². The van der Waals surface area contributed by atoms with Crippen LogP contribution in [0, 0.1) is 0 Å². The van der Waals surface area contributed by atoms with Crippen molar-refractivity contribution in [1.82, 2.24) is 0 Å². The number of hydrogen-bond donors (Lipinski definition) is 0. The third-order valence-electron chi connectivity index (χ3n) is 2.60. The molecular formula is C14H22Si. The summed E-state index contributed by atoms with van der Waals surface area (Å²) in [5.74, 6) is 0. The summed E-state index contributed by atoms with van der Waals surface area (Å²) in [7, 11) is -2.17. The summed E-state index contributed by atoms with van der Waals surface area (Å²) in [6.07, 6.45) is 1.68. The Morgan fingerprint density at radius 2 is 2.07 bits per heavy atom. The van der Waals surface area contributed by atoms with E-state index in [1.165, 1.54) is 5.57 Å². The first-order valence-electron chi connectivity index (χ1n) is 6.74. The molecular weight excluding hydrogens is 196 g/mol. The summed E-state index contributed by atoms with van der Waals surface area (Å²) >= 11 is 0. The lowest BCUT2D eigenvalue weighted by atomic mass is 10.2. The number of benzene rings is 1. The van der Waals surface area contributed by atoms with Gasteiger partial charge in [0.2, 0.25) is 0 Å². The fourth-order valence-electron chi connectivity index (χ4n) is 1.71. The molecule has 0 nitrogen and oxygen atoms in total. The van der Waals surface area contributed by atoms with Crippen molar-refractivity contribution in [2.45, 2.75) is 39.3 Å². The van der Waals surface area contributed by atoms with Crippen LogP contribution in [-0.4, -0.2) is 9.96 Å². The largest absolute Gasteiger partial charge is 0.0859 e. The fraction of sp³-hybridized carbons (Fsp3) is 0.429. The van der Waals surface area contributed by atoms with E-state index in [4.69, 9.17) is 2.61 Å². The second-order valence-corrected chi connectivity index (χ2v) is 6.30. The predicted octanol–water partition coefficient (Wildman–Crippen LogP) is 3.50. The van der Waals surface area contributed by atoms with Crippen molar-refractivity contribution < 1.29 is 1.37 Å². The molecule has 0 aromatic heterocycles. The zero-order valence-electron chi connectivity index (χ0n) is 12.0. The fourth-order valence-corrected chi connectivity index (χ4v) is 3.69. The van der Waals surface area contributed by atoms with Crippen molar-refractivity contribution in [3.63, 3.8) is 0 Å². The maximum Gasteiger partial charge on any atom is 0.0717 e. The Morgan fingerprint density at radius 1 is 1.40 bits per heavy atom. The van der Waals surface area contributed by atoms with E-state index < -0.39 is 8.73 Å². The van der Waals surface area contributed by atoms with Crippen LogP contribution in [0.25, 0.3) is 0 Å². The third kappa shape index (κ3) is 4.04. The minimum atomic E-state index is -2.17. The Kier molecular flexibility index (Phi) is 4.15. The molecule has 0 aliphatic rings. The molecule has 0 saturated heterocycles. The van der Waals surface area contributed by atoms with Crippen LogP contribution in [0.5, 0.6) is 0 Å². The Bertz CT molecular complexity index is 382. The summed E-state index contributed by atoms with van der Waals surface area (Å²) in [5, 5.41) is 1.16. The van der Waals surface area contributed by atoms with Gasteiger partial charge in [-0.05, 0) is 18.9 Å². The van der Waals surface area contributed by atoms with Crippen LogP contribution >= 0.6 is 0 Å². The summed E-state index contributed by atoms with van der Waals surface area (Å²) in [4.78, 5) is 0. The molecule has 0 aliphatic heterocycles. The molecule has 0 amide bonds. The van der Waals surface area contributed by atoms with E-state index in [-0.39, 0.29) is 0 Å². The van der Waals surface area contributed by atoms with E-state index in [0.717, 1.165) is 30.1 Å². The van der Waals surface area contributed by atoms with Gasteiger partial charge >= 0.3 is 0 Å². The van der Waals surface area contributed by atoms with Crippen LogP contribution in [0.4, 0.5) is 0 Å². The van der Waals surface area contributed by atoms with Crippen molar-refractivity contribution in [2.24, 2.45) is 0 Å². The molecule has 0 radical (unpaired) electrons. The maximum atomic E-state index is 8.59. The lowest BCUT2D eigenvalue weighted by molar-refractivity contribution is 1.05. The smallest absolute Gasteiger partial charge is 0.0717 e. The molecule has 1 rings (SSSR count). The van der Waals surface area contributed by atoms with E-state index >= 15 is 0 Å². The molecule has 1 unspecified atom stereocenters. The Hall–Kier alpha value is -0.823. The highest BCUT2D eigenvalue weighted by Crippen LogP contribution is 2.11. The molecule has 0 fully saturated rings. The van der Waals surface area contributed by atoms with Gasteiger partial charge in [0.1, 0.15) is 0 Å². The van der Waals surface area contributed by atoms with Crippen molar-refractivity contribution in [3.8, 4) is 0 Å². The predicted molar refractivity (Wildman–Crippen MR) is 72.6 cm³/mol. The molecule has 82 valence electrons. The van der Waals surface area contributed by atoms with Crippen molar-refractivity contribution in [3.05, 3.63) is 42.0 Å². The topological polar surface area (TPSA) is 0 Å². The van der Waals surface area contributed by atoms with Crippen LogP contribution in [0.2, 0.25) is 12.6 Å². The first-order chi connectivity index (χ1) is 8.01. The van der Waals surface area contributed by atoms with Crippen LogP contribution < -0.4 is 5.19 Å². The van der Waals surface area contributed by atoms with Crippen LogP contribution in [-0.2, 0) is 0 Å². The van der Waals surface area contributed by atoms with Gasteiger partial charge in [0, 0.05) is 1.23 Å². The first kappa shape index (κ1) is 9.41. The summed E-state index contributed by atoms with van der Waals surface area (Å²) in [6.45, 7) is 6.18. The van der Waals surface area contributed by atoms with Gasteiger partial charge in [-0.25, -0.2) is 0 Å². The van der Waals surface area contributed by atoms with Crippen molar-refractivity contribution >= 4 is 13.9 Å². The summed E-state index contributed by atoms with van der Waals surface area (Å²) in [5.41, 5.74) is 1.17. The van der Waals surface area contributed by atoms with Gasteiger partial charge in [-0.3, -0.25) is 0 Å². The van der Waals surface area contributed by atoms with Gasteiger partial charge in [0.25, 0.3) is 0 Å². The van der Waals surface area contributed by atoms with E-state index in [0.29, 0.717) is 0 Å². The second kappa shape index (κ2) is 6.62. The molecule has 1 atom stereocenters. The molecule has 0 saturated carbocycles. The summed E-state index contributed by atoms with van der Waals surface area (Å²) < 4.78 is 16.5. The zero-order valence-corrected chi connectivity index (χ0v) is 11.0. The van der Waals surface area contributed by atoms with E-state index in [1.807, 2.05) is 25.1 Å². The lowest BCUT2D eigenvalue weighted by Gasteiger charge is -2.12. The van der Waals surface area contributed by atoms with E-state index in [2.05, 4.69) is 25.6 Å². The number of rotatable bonds is 5. The average Bonchev–Trinajstić information content (AvgIpc) is 2.36. The Labute approximate surface area is 98.3 Å². The minimum absolute atomic E-state index is 0.731. The quantitative estimate of drug-likeness (QED) is 0.526. The monoisotopic (exact) mass is 220 g/mol. The third-order valence-corrected chi connectivity index (χ3v) is 4.87. The van der Waals surface area contributed by atoms with Crippen molar-refractivity contribution in [1.29, 1.82) is 1.23 Å². The second-order valence-electron chi connectivity index (χ2n) is 3.81. The molecule has 0 heterocycles. The molecule has 1 aromatic rings. The SMILES string of the molecule is [2H]/C(CC)=C(/CC)C[Si]([2H])(C)c1ccccc1. The van der Waals surface area contributed by atoms with Gasteiger partial charge in [-0.2, -0.15) is 0 Å². The molecule has 0 bridgehead atoms. The Balaban J connectivity index is 2.93. The van der Waals surface area contributed by atoms with Gasteiger partial charge in [-0.15, -0.1) is 0 Å². The highest BCUT2D eigenvalue weighted by Gasteiger charge is 2.08. The van der Waals surface area contributed by atoms with Gasteiger partial charge in [0.15, 0.2) is 0 Å². The van der Waals surface area contributed by atoms with Gasteiger partial charge in [0.05, 0.1) is 10.1 Å². The molecule has 15 heavy (non-hydrogen) atoms. The standard InChI is InChI=1S/C14H22Si/c1-4-9-13(5-2)12-15(3)14-10-7-6-8-11-14/h6-11,15H,4-5,12H2,1-3H3/b13-9+/i9D,15D. The minimum Gasteiger partial charge on any atom is -0.0859 e. The number of allylic oxidation sites excluding steroid dienone is 2. The highest BCUT2D eigenvalue weighted by molar-refractivity contribution is 6.72. The highest BCUT2D eigenvalue weighted by atomic mass is 28.3. The summed E-state index contributed by atoms with van der Waals surface area (Å²) in [6, 6.07) is 11.6. The zero-order chi connectivity index (χ0) is 12.9. The number of hydrogen-bond acceptors (Lipinski definition) is 0. The van der Waals surface area contributed by atoms with E-state index in [9.17, 15) is 0 Å². The molecule has 1 heteroatoms. The van der Waals surface area contributed by atoms with Gasteiger partial charge in [-0.1, -0.05) is 67.5 Å². The Morgan fingerprint density at radius 3 is 2.60 bits per heavy atom. The van der Waals surface area contributed by atoms with E-state index in [1.54, 1.807) is 0 Å². The molecule has 0 spiro atoms. The molecule has 0 N–H and O–H groups in total. The molecule has 0 aliphatic carbocycles. The first-order valence-corrected chi connectivity index (χ1v) is 7.95. The van der Waals surface area contributed by atoms with Gasteiger partial charge < -0.3 is 0 Å². The maximum absolute atomic E-state index is 8.59. The van der Waals surface area contributed by atoms with Crippen LogP contribution in [0.15, 0.2) is 42.0 Å². The normalized spacial score (nSPS) is 18.6. The lowest BCUT2D eigenvalue weighted by Crippen LogP contribution is -2.26. The molecule has 1 aromatic carbocycles. The van der Waals surface area contributed by atoms with Crippen LogP contribution in [0.3, 0.4) is 0 Å². The van der Waals surface area contributed by atoms with Crippen LogP contribution in [0.1, 0.15) is 28.1 Å².